The van der Waals surface area contributed by atoms with Gasteiger partial charge >= 0.3 is 0 Å². The summed E-state index contributed by atoms with van der Waals surface area (Å²) in [6.45, 7) is 0.283. The molecule has 0 aromatic heterocycles. The predicted molar refractivity (Wildman–Crippen MR) is 84.0 cm³/mol. The molecule has 22 heavy (non-hydrogen) atoms. The molecule has 0 radical (unpaired) electrons. The average molecular weight is 312 g/mol. The molecule has 0 aliphatic carbocycles. The van der Waals surface area contributed by atoms with Crippen molar-refractivity contribution in [2.24, 2.45) is 5.73 Å². The molecule has 7 nitrogen and oxygen atoms in total. The highest BCUT2D eigenvalue weighted by molar-refractivity contribution is 5.93. The zero-order valence-electron chi connectivity index (χ0n) is 13.7. The second kappa shape index (κ2) is 8.45. The van der Waals surface area contributed by atoms with Crippen molar-refractivity contribution in [1.29, 1.82) is 0 Å². The van der Waals surface area contributed by atoms with E-state index in [0.29, 0.717) is 22.9 Å². The molecule has 0 heterocycles. The van der Waals surface area contributed by atoms with Crippen molar-refractivity contribution in [3.05, 3.63) is 12.1 Å². The summed E-state index contributed by atoms with van der Waals surface area (Å²) in [6, 6.07) is 3.42. The lowest BCUT2D eigenvalue weighted by atomic mass is 10.2. The number of amides is 1. The van der Waals surface area contributed by atoms with Crippen LogP contribution in [0.2, 0.25) is 0 Å². The molecule has 0 fully saturated rings. The largest absolute Gasteiger partial charge is 0.493 e. The van der Waals surface area contributed by atoms with Crippen molar-refractivity contribution >= 4 is 11.6 Å². The van der Waals surface area contributed by atoms with Gasteiger partial charge in [0, 0.05) is 32.8 Å². The minimum atomic E-state index is -0.308. The van der Waals surface area contributed by atoms with Crippen LogP contribution in [0.4, 0.5) is 5.69 Å². The van der Waals surface area contributed by atoms with Crippen molar-refractivity contribution < 1.29 is 23.7 Å². The summed E-state index contributed by atoms with van der Waals surface area (Å²) in [4.78, 5) is 13.8. The second-order valence-corrected chi connectivity index (χ2v) is 4.63. The molecule has 0 saturated heterocycles. The number of carbonyl (C=O) groups excluding carboxylic acids is 1. The molecule has 7 heteroatoms. The van der Waals surface area contributed by atoms with E-state index in [1.54, 1.807) is 19.2 Å². The van der Waals surface area contributed by atoms with E-state index < -0.39 is 0 Å². The maximum Gasteiger partial charge on any atom is 0.229 e. The number of benzene rings is 1. The van der Waals surface area contributed by atoms with Crippen LogP contribution in [0.15, 0.2) is 12.1 Å². The molecule has 2 N–H and O–H groups in total. The monoisotopic (exact) mass is 312 g/mol. The molecule has 124 valence electrons. The van der Waals surface area contributed by atoms with E-state index in [4.69, 9.17) is 24.7 Å². The van der Waals surface area contributed by atoms with Crippen molar-refractivity contribution in [3.8, 4) is 17.2 Å². The van der Waals surface area contributed by atoms with E-state index in [1.807, 2.05) is 0 Å². The Hall–Kier alpha value is -1.99. The third-order valence-corrected chi connectivity index (χ3v) is 3.41. The second-order valence-electron chi connectivity index (χ2n) is 4.63. The standard InChI is InChI=1S/C15H24N2O5/c1-17(14(18)8-11(9-16)19-2)10-6-12(20-3)15(22-5)13(7-10)21-4/h6-7,11H,8-9,16H2,1-5H3. The Labute approximate surface area is 130 Å². The number of anilines is 1. The Morgan fingerprint density at radius 1 is 1.14 bits per heavy atom. The minimum absolute atomic E-state index is 0.119. The number of methoxy groups -OCH3 is 4. The lowest BCUT2D eigenvalue weighted by Gasteiger charge is -2.22. The van der Waals surface area contributed by atoms with Gasteiger partial charge in [-0.2, -0.15) is 0 Å². The molecular weight excluding hydrogens is 288 g/mol. The normalized spacial score (nSPS) is 11.7. The molecule has 1 aromatic rings. The summed E-state index contributed by atoms with van der Waals surface area (Å²) in [5.41, 5.74) is 6.18. The van der Waals surface area contributed by atoms with Gasteiger partial charge in [0.25, 0.3) is 0 Å². The predicted octanol–water partition coefficient (Wildman–Crippen LogP) is 1.04. The molecule has 1 rings (SSSR count). The summed E-state index contributed by atoms with van der Waals surface area (Å²) < 4.78 is 21.0. The number of hydrogen-bond donors (Lipinski definition) is 1. The van der Waals surface area contributed by atoms with E-state index in [0.717, 1.165) is 0 Å². The van der Waals surface area contributed by atoms with Crippen LogP contribution in [0, 0.1) is 0 Å². The van der Waals surface area contributed by atoms with Gasteiger partial charge in [-0.05, 0) is 0 Å². The lowest BCUT2D eigenvalue weighted by Crippen LogP contribution is -2.33. The highest BCUT2D eigenvalue weighted by atomic mass is 16.5. The molecule has 0 spiro atoms. The molecule has 1 atom stereocenters. The van der Waals surface area contributed by atoms with E-state index in [-0.39, 0.29) is 25.0 Å². The molecule has 0 aliphatic rings. The van der Waals surface area contributed by atoms with Crippen LogP contribution in [-0.4, -0.2) is 54.0 Å². The van der Waals surface area contributed by atoms with Crippen LogP contribution in [0.5, 0.6) is 17.2 Å². The van der Waals surface area contributed by atoms with E-state index in [9.17, 15) is 4.79 Å². The first-order valence-electron chi connectivity index (χ1n) is 6.81. The van der Waals surface area contributed by atoms with Crippen LogP contribution in [-0.2, 0) is 9.53 Å². The van der Waals surface area contributed by atoms with E-state index in [1.165, 1.54) is 33.3 Å². The van der Waals surface area contributed by atoms with Gasteiger partial charge in [-0.25, -0.2) is 0 Å². The summed E-state index contributed by atoms with van der Waals surface area (Å²) in [5.74, 6) is 1.33. The highest BCUT2D eigenvalue weighted by Crippen LogP contribution is 2.40. The molecule has 0 aliphatic heterocycles. The molecule has 1 aromatic carbocycles. The molecule has 0 bridgehead atoms. The van der Waals surface area contributed by atoms with E-state index in [2.05, 4.69) is 0 Å². The Balaban J connectivity index is 3.07. The molecule has 1 unspecified atom stereocenters. The quantitative estimate of drug-likeness (QED) is 0.772. The average Bonchev–Trinajstić information content (AvgIpc) is 2.56. The van der Waals surface area contributed by atoms with Crippen molar-refractivity contribution in [3.63, 3.8) is 0 Å². The van der Waals surface area contributed by atoms with Crippen LogP contribution < -0.4 is 24.8 Å². The third-order valence-electron chi connectivity index (χ3n) is 3.41. The smallest absolute Gasteiger partial charge is 0.229 e. The van der Waals surface area contributed by atoms with Crippen molar-refractivity contribution in [2.45, 2.75) is 12.5 Å². The van der Waals surface area contributed by atoms with Gasteiger partial charge in [0.05, 0.1) is 39.5 Å². The Bertz CT molecular complexity index is 478. The SMILES string of the molecule is COc1cc(N(C)C(=O)CC(CN)OC)cc(OC)c1OC. The number of rotatable bonds is 8. The van der Waals surface area contributed by atoms with Gasteiger partial charge in [-0.15, -0.1) is 0 Å². The van der Waals surface area contributed by atoms with E-state index >= 15 is 0 Å². The fourth-order valence-corrected chi connectivity index (χ4v) is 2.00. The Morgan fingerprint density at radius 2 is 1.68 bits per heavy atom. The number of carbonyl (C=O) groups is 1. The minimum Gasteiger partial charge on any atom is -0.493 e. The summed E-state index contributed by atoms with van der Waals surface area (Å²) >= 11 is 0. The summed E-state index contributed by atoms with van der Waals surface area (Å²) in [5, 5.41) is 0. The van der Waals surface area contributed by atoms with Crippen LogP contribution in [0.3, 0.4) is 0 Å². The van der Waals surface area contributed by atoms with Gasteiger partial charge < -0.3 is 29.6 Å². The maximum absolute atomic E-state index is 12.3. The first-order chi connectivity index (χ1) is 10.5. The Kier molecular flexibility index (Phi) is 6.94. The van der Waals surface area contributed by atoms with Gasteiger partial charge in [-0.1, -0.05) is 0 Å². The highest BCUT2D eigenvalue weighted by Gasteiger charge is 2.20. The van der Waals surface area contributed by atoms with Gasteiger partial charge in [0.2, 0.25) is 11.7 Å². The third kappa shape index (κ3) is 4.02. The zero-order chi connectivity index (χ0) is 16.7. The van der Waals surface area contributed by atoms with Crippen LogP contribution >= 0.6 is 0 Å². The lowest BCUT2D eigenvalue weighted by molar-refractivity contribution is -0.120. The van der Waals surface area contributed by atoms with Crippen LogP contribution in [0.25, 0.3) is 0 Å². The van der Waals surface area contributed by atoms with Crippen molar-refractivity contribution in [2.75, 3.05) is 46.9 Å². The van der Waals surface area contributed by atoms with Gasteiger partial charge in [0.1, 0.15) is 0 Å². The maximum atomic E-state index is 12.3. The number of nitrogens with two attached hydrogens (primary N) is 1. The number of ether oxygens (including phenoxy) is 4. The fraction of sp³-hybridized carbons (Fsp3) is 0.533. The Morgan fingerprint density at radius 3 is 2.05 bits per heavy atom. The number of nitrogens with zero attached hydrogens (tertiary/aromatic N) is 1. The fourth-order valence-electron chi connectivity index (χ4n) is 2.00. The first-order valence-corrected chi connectivity index (χ1v) is 6.81. The molecule has 0 saturated carbocycles. The van der Waals surface area contributed by atoms with Gasteiger partial charge in [0.15, 0.2) is 11.5 Å². The number of hydrogen-bond acceptors (Lipinski definition) is 6. The summed E-state index contributed by atoms with van der Waals surface area (Å²) in [6.07, 6.45) is -0.114. The summed E-state index contributed by atoms with van der Waals surface area (Å²) in [7, 11) is 7.78. The van der Waals surface area contributed by atoms with Gasteiger partial charge in [-0.3, -0.25) is 4.79 Å². The first kappa shape index (κ1) is 18.1. The molecular formula is C15H24N2O5. The van der Waals surface area contributed by atoms with Crippen molar-refractivity contribution in [1.82, 2.24) is 0 Å². The van der Waals surface area contributed by atoms with Crippen LogP contribution in [0.1, 0.15) is 6.42 Å². The zero-order valence-corrected chi connectivity index (χ0v) is 13.7. The molecule has 1 amide bonds. The topological polar surface area (TPSA) is 83.3 Å².